The topological polar surface area (TPSA) is 70.3 Å². The molecule has 1 aromatic heterocycles. The molecular formula is C18H30N4O3. The highest BCUT2D eigenvalue weighted by molar-refractivity contribution is 5.91. The Morgan fingerprint density at radius 1 is 1.32 bits per heavy atom. The largest absolute Gasteiger partial charge is 0.459 e. The number of rotatable bonds is 7. The molecule has 1 amide bonds. The lowest BCUT2D eigenvalue weighted by Crippen LogP contribution is -2.53. The monoisotopic (exact) mass is 350 g/mol. The Morgan fingerprint density at radius 2 is 2.04 bits per heavy atom. The van der Waals surface area contributed by atoms with Gasteiger partial charge in [0.15, 0.2) is 11.7 Å². The predicted molar refractivity (Wildman–Crippen MR) is 97.8 cm³/mol. The molecule has 0 spiro atoms. The highest BCUT2D eigenvalue weighted by Gasteiger charge is 2.25. The average molecular weight is 350 g/mol. The van der Waals surface area contributed by atoms with E-state index in [1.54, 1.807) is 12.1 Å². The van der Waals surface area contributed by atoms with Crippen LogP contribution in [0.25, 0.3) is 0 Å². The molecule has 1 fully saturated rings. The third-order valence-electron chi connectivity index (χ3n) is 3.88. The van der Waals surface area contributed by atoms with Gasteiger partial charge in [-0.2, -0.15) is 0 Å². The zero-order valence-electron chi connectivity index (χ0n) is 15.5. The van der Waals surface area contributed by atoms with Gasteiger partial charge in [-0.15, -0.1) is 0 Å². The van der Waals surface area contributed by atoms with Crippen molar-refractivity contribution in [3.63, 3.8) is 0 Å². The minimum atomic E-state index is -0.0475. The number of furan rings is 1. The fourth-order valence-electron chi connectivity index (χ4n) is 2.64. The summed E-state index contributed by atoms with van der Waals surface area (Å²) >= 11 is 0. The zero-order valence-corrected chi connectivity index (χ0v) is 15.5. The zero-order chi connectivity index (χ0) is 18.1. The Balaban J connectivity index is 1.81. The number of hydrogen-bond donors (Lipinski definition) is 1. The fraction of sp³-hybridized carbons (Fsp3) is 0.667. The number of guanidine groups is 1. The minimum Gasteiger partial charge on any atom is -0.459 e. The second-order valence-electron chi connectivity index (χ2n) is 6.46. The van der Waals surface area contributed by atoms with Gasteiger partial charge in [0.2, 0.25) is 0 Å². The molecule has 2 heterocycles. The van der Waals surface area contributed by atoms with E-state index < -0.39 is 0 Å². The van der Waals surface area contributed by atoms with Crippen molar-refractivity contribution >= 4 is 11.9 Å². The summed E-state index contributed by atoms with van der Waals surface area (Å²) < 4.78 is 10.8. The van der Waals surface area contributed by atoms with Crippen LogP contribution in [0.4, 0.5) is 0 Å². The van der Waals surface area contributed by atoms with Crippen LogP contribution in [-0.2, 0) is 4.74 Å². The van der Waals surface area contributed by atoms with Crippen LogP contribution < -0.4 is 5.32 Å². The Labute approximate surface area is 150 Å². The first kappa shape index (κ1) is 19.3. The van der Waals surface area contributed by atoms with Crippen LogP contribution >= 0.6 is 0 Å². The molecule has 1 aromatic rings. The Bertz CT molecular complexity index is 535. The van der Waals surface area contributed by atoms with E-state index in [-0.39, 0.29) is 5.91 Å². The normalized spacial score (nSPS) is 15.8. The quantitative estimate of drug-likeness (QED) is 0.460. The van der Waals surface area contributed by atoms with Crippen molar-refractivity contribution in [3.8, 4) is 0 Å². The molecule has 0 aromatic carbocycles. The van der Waals surface area contributed by atoms with Gasteiger partial charge in [-0.05, 0) is 25.0 Å². The predicted octanol–water partition coefficient (Wildman–Crippen LogP) is 1.68. The van der Waals surface area contributed by atoms with E-state index >= 15 is 0 Å². The maximum absolute atomic E-state index is 12.3. The Kier molecular flexibility index (Phi) is 7.78. The molecule has 7 nitrogen and oxygen atoms in total. The summed E-state index contributed by atoms with van der Waals surface area (Å²) in [6.07, 6.45) is 1.53. The number of carbonyl (C=O) groups is 1. The first-order valence-corrected chi connectivity index (χ1v) is 9.05. The molecule has 1 aliphatic heterocycles. The van der Waals surface area contributed by atoms with E-state index in [1.165, 1.54) is 6.26 Å². The number of hydrogen-bond acceptors (Lipinski definition) is 4. The number of ether oxygens (including phenoxy) is 1. The highest BCUT2D eigenvalue weighted by Crippen LogP contribution is 2.09. The van der Waals surface area contributed by atoms with E-state index in [0.717, 1.165) is 32.2 Å². The molecule has 0 saturated carbocycles. The molecule has 0 unspecified atom stereocenters. The Morgan fingerprint density at radius 3 is 2.64 bits per heavy atom. The van der Waals surface area contributed by atoms with Crippen LogP contribution in [0, 0.1) is 5.92 Å². The van der Waals surface area contributed by atoms with Crippen molar-refractivity contribution in [1.82, 2.24) is 15.1 Å². The summed E-state index contributed by atoms with van der Waals surface area (Å²) in [5.41, 5.74) is 0. The minimum absolute atomic E-state index is 0.0475. The SMILES string of the molecule is CCNC(=NCCOCC(C)C)N1CCN(C(=O)c2ccco2)CC1. The van der Waals surface area contributed by atoms with Crippen LogP contribution in [0.2, 0.25) is 0 Å². The van der Waals surface area contributed by atoms with Crippen molar-refractivity contribution in [1.29, 1.82) is 0 Å². The van der Waals surface area contributed by atoms with Crippen LogP contribution in [-0.4, -0.2) is 74.1 Å². The van der Waals surface area contributed by atoms with Crippen molar-refractivity contribution < 1.29 is 13.9 Å². The molecule has 25 heavy (non-hydrogen) atoms. The van der Waals surface area contributed by atoms with E-state index in [0.29, 0.717) is 37.9 Å². The third-order valence-corrected chi connectivity index (χ3v) is 3.88. The number of nitrogens with zero attached hydrogens (tertiary/aromatic N) is 3. The summed E-state index contributed by atoms with van der Waals surface area (Å²) in [5.74, 6) is 1.78. The maximum atomic E-state index is 12.3. The van der Waals surface area contributed by atoms with Crippen LogP contribution in [0.1, 0.15) is 31.3 Å². The van der Waals surface area contributed by atoms with Gasteiger partial charge < -0.3 is 24.3 Å². The molecule has 1 N–H and O–H groups in total. The first-order chi connectivity index (χ1) is 12.1. The second kappa shape index (κ2) is 10.1. The van der Waals surface area contributed by atoms with Gasteiger partial charge in [-0.25, -0.2) is 0 Å². The molecular weight excluding hydrogens is 320 g/mol. The molecule has 0 bridgehead atoms. The van der Waals surface area contributed by atoms with Gasteiger partial charge in [-0.1, -0.05) is 13.8 Å². The average Bonchev–Trinajstić information content (AvgIpc) is 3.14. The molecule has 140 valence electrons. The standard InChI is InChI=1S/C18H30N4O3/c1-4-19-18(20-7-13-24-14-15(2)3)22-10-8-21(9-11-22)17(23)16-6-5-12-25-16/h5-6,12,15H,4,7-11,13-14H2,1-3H3,(H,19,20). The van der Waals surface area contributed by atoms with Gasteiger partial charge in [0.1, 0.15) is 0 Å². The Hall–Kier alpha value is -2.02. The van der Waals surface area contributed by atoms with Crippen LogP contribution in [0.5, 0.6) is 0 Å². The van der Waals surface area contributed by atoms with Gasteiger partial charge in [0.05, 0.1) is 19.4 Å². The van der Waals surface area contributed by atoms with Crippen molar-refractivity contribution in [2.24, 2.45) is 10.9 Å². The molecule has 0 aliphatic carbocycles. The second-order valence-corrected chi connectivity index (χ2v) is 6.46. The number of amides is 1. The summed E-state index contributed by atoms with van der Waals surface area (Å²) in [7, 11) is 0. The fourth-order valence-corrected chi connectivity index (χ4v) is 2.64. The summed E-state index contributed by atoms with van der Waals surface area (Å²) in [6, 6.07) is 3.44. The van der Waals surface area contributed by atoms with Crippen molar-refractivity contribution in [2.45, 2.75) is 20.8 Å². The maximum Gasteiger partial charge on any atom is 0.289 e. The van der Waals surface area contributed by atoms with Crippen molar-refractivity contribution in [3.05, 3.63) is 24.2 Å². The van der Waals surface area contributed by atoms with Gasteiger partial charge in [0, 0.05) is 39.3 Å². The smallest absolute Gasteiger partial charge is 0.289 e. The number of aliphatic imine (C=N–C) groups is 1. The van der Waals surface area contributed by atoms with E-state index in [1.807, 2.05) is 4.90 Å². The molecule has 1 saturated heterocycles. The van der Waals surface area contributed by atoms with Gasteiger partial charge in [-0.3, -0.25) is 9.79 Å². The van der Waals surface area contributed by atoms with E-state index in [9.17, 15) is 4.79 Å². The molecule has 2 rings (SSSR count). The van der Waals surface area contributed by atoms with Gasteiger partial charge in [0.25, 0.3) is 5.91 Å². The van der Waals surface area contributed by atoms with Crippen LogP contribution in [0.15, 0.2) is 27.8 Å². The molecule has 0 atom stereocenters. The number of nitrogens with one attached hydrogen (secondary N) is 1. The third kappa shape index (κ3) is 6.08. The summed E-state index contributed by atoms with van der Waals surface area (Å²) in [5, 5.41) is 3.32. The summed E-state index contributed by atoms with van der Waals surface area (Å²) in [4.78, 5) is 21.0. The number of carbonyl (C=O) groups excluding carboxylic acids is 1. The highest BCUT2D eigenvalue weighted by atomic mass is 16.5. The lowest BCUT2D eigenvalue weighted by Gasteiger charge is -2.36. The van der Waals surface area contributed by atoms with E-state index in [2.05, 4.69) is 36.0 Å². The van der Waals surface area contributed by atoms with Gasteiger partial charge >= 0.3 is 0 Å². The van der Waals surface area contributed by atoms with Crippen LogP contribution in [0.3, 0.4) is 0 Å². The molecule has 1 aliphatic rings. The van der Waals surface area contributed by atoms with E-state index in [4.69, 9.17) is 9.15 Å². The lowest BCUT2D eigenvalue weighted by molar-refractivity contribution is 0.0657. The first-order valence-electron chi connectivity index (χ1n) is 9.05. The van der Waals surface area contributed by atoms with Crippen molar-refractivity contribution in [2.75, 3.05) is 52.5 Å². The summed E-state index contributed by atoms with van der Waals surface area (Å²) in [6.45, 7) is 12.0. The number of piperazine rings is 1. The molecule has 7 heteroatoms. The molecule has 0 radical (unpaired) electrons. The lowest BCUT2D eigenvalue weighted by atomic mass is 10.2.